The maximum atomic E-state index is 12.3. The molecule has 0 bridgehead atoms. The van der Waals surface area contributed by atoms with Gasteiger partial charge in [-0.25, -0.2) is 14.8 Å². The topological polar surface area (TPSA) is 96.5 Å². The molecule has 0 radical (unpaired) electrons. The molecule has 3 aromatic rings. The summed E-state index contributed by atoms with van der Waals surface area (Å²) in [4.78, 5) is 35.1. The molecule has 176 valence electrons. The van der Waals surface area contributed by atoms with E-state index in [-0.39, 0.29) is 5.92 Å². The van der Waals surface area contributed by atoms with E-state index in [0.717, 1.165) is 46.9 Å². The zero-order valence-electron chi connectivity index (χ0n) is 19.0. The number of anilines is 2. The molecule has 8 nitrogen and oxygen atoms in total. The van der Waals surface area contributed by atoms with Crippen LogP contribution in [0.5, 0.6) is 0 Å². The average Bonchev–Trinajstić information content (AvgIpc) is 3.22. The Hall–Kier alpha value is -3.49. The highest BCUT2D eigenvalue weighted by Gasteiger charge is 2.26. The summed E-state index contributed by atoms with van der Waals surface area (Å²) in [6.45, 7) is 1.82. The molecule has 1 aliphatic heterocycles. The van der Waals surface area contributed by atoms with Crippen LogP contribution in [0.3, 0.4) is 0 Å². The smallest absolute Gasteiger partial charge is 0.330 e. The van der Waals surface area contributed by atoms with Crippen LogP contribution in [-0.4, -0.2) is 60.5 Å². The van der Waals surface area contributed by atoms with Crippen molar-refractivity contribution in [2.24, 2.45) is 0 Å². The lowest BCUT2D eigenvalue weighted by atomic mass is 9.94. The van der Waals surface area contributed by atoms with Gasteiger partial charge in [0.25, 0.3) is 0 Å². The third-order valence-corrected chi connectivity index (χ3v) is 5.75. The van der Waals surface area contributed by atoms with Crippen LogP contribution in [0.1, 0.15) is 23.6 Å². The molecule has 0 spiro atoms. The fourth-order valence-corrected chi connectivity index (χ4v) is 4.08. The lowest BCUT2D eigenvalue weighted by Crippen LogP contribution is -2.16. The van der Waals surface area contributed by atoms with E-state index >= 15 is 0 Å². The maximum Gasteiger partial charge on any atom is 0.330 e. The van der Waals surface area contributed by atoms with Crippen molar-refractivity contribution < 1.29 is 14.3 Å². The van der Waals surface area contributed by atoms with Crippen LogP contribution in [-0.2, 0) is 14.3 Å². The molecular weight excluding hydrogens is 454 g/mol. The highest BCUT2D eigenvalue weighted by atomic mass is 35.5. The molecule has 0 aliphatic carbocycles. The van der Waals surface area contributed by atoms with Crippen molar-refractivity contribution in [3.05, 3.63) is 71.2 Å². The minimum atomic E-state index is -0.546. The van der Waals surface area contributed by atoms with Crippen LogP contribution in [0.15, 0.2) is 54.9 Å². The Morgan fingerprint density at radius 3 is 2.88 bits per heavy atom. The van der Waals surface area contributed by atoms with E-state index in [1.165, 1.54) is 6.08 Å². The van der Waals surface area contributed by atoms with Crippen LogP contribution in [0.2, 0.25) is 5.02 Å². The summed E-state index contributed by atoms with van der Waals surface area (Å²) >= 11 is 6.13. The van der Waals surface area contributed by atoms with Gasteiger partial charge in [0.05, 0.1) is 17.8 Å². The number of halogens is 1. The lowest BCUT2D eigenvalue weighted by Gasteiger charge is -2.13. The molecular formula is C25H26ClN5O3. The Labute approximate surface area is 203 Å². The van der Waals surface area contributed by atoms with Crippen LogP contribution in [0, 0.1) is 0 Å². The second-order valence-corrected chi connectivity index (χ2v) is 8.74. The van der Waals surface area contributed by atoms with E-state index in [4.69, 9.17) is 16.3 Å². The van der Waals surface area contributed by atoms with Crippen molar-refractivity contribution in [2.75, 3.05) is 44.4 Å². The average molecular weight is 480 g/mol. The Morgan fingerprint density at radius 2 is 2.06 bits per heavy atom. The van der Waals surface area contributed by atoms with Gasteiger partial charge in [-0.05, 0) is 56.4 Å². The zero-order valence-corrected chi connectivity index (χ0v) is 19.8. The molecule has 34 heavy (non-hydrogen) atoms. The van der Waals surface area contributed by atoms with Crippen molar-refractivity contribution in [3.8, 4) is 0 Å². The number of hydrogen-bond donors (Lipinski definition) is 2. The van der Waals surface area contributed by atoms with Crippen LogP contribution in [0.4, 0.5) is 11.4 Å². The molecule has 1 aromatic heterocycles. The second-order valence-electron chi connectivity index (χ2n) is 8.30. The fourth-order valence-electron chi connectivity index (χ4n) is 3.91. The van der Waals surface area contributed by atoms with Crippen molar-refractivity contribution in [1.29, 1.82) is 0 Å². The van der Waals surface area contributed by atoms with Gasteiger partial charge in [0.2, 0.25) is 5.91 Å². The molecule has 2 N–H and O–H groups in total. The summed E-state index contributed by atoms with van der Waals surface area (Å²) in [6.07, 6.45) is 4.58. The monoisotopic (exact) mass is 479 g/mol. The highest BCUT2D eigenvalue weighted by molar-refractivity contribution is 6.30. The molecule has 4 rings (SSSR count). The number of fused-ring (bicyclic) bond motifs is 2. The third-order valence-electron chi connectivity index (χ3n) is 5.52. The summed E-state index contributed by atoms with van der Waals surface area (Å²) in [7, 11) is 3.90. The normalized spacial score (nSPS) is 14.9. The quantitative estimate of drug-likeness (QED) is 0.288. The van der Waals surface area contributed by atoms with E-state index in [9.17, 15) is 9.59 Å². The van der Waals surface area contributed by atoms with Crippen molar-refractivity contribution >= 4 is 45.8 Å². The Bertz CT molecular complexity index is 1240. The first kappa shape index (κ1) is 23.7. The molecule has 1 amide bonds. The molecule has 1 aliphatic rings. The number of esters is 1. The highest BCUT2D eigenvalue weighted by Crippen LogP contribution is 2.39. The molecule has 1 atom stereocenters. The van der Waals surface area contributed by atoms with Crippen LogP contribution < -0.4 is 10.6 Å². The number of aromatic nitrogens is 2. The predicted octanol–water partition coefficient (Wildman–Crippen LogP) is 3.83. The summed E-state index contributed by atoms with van der Waals surface area (Å²) in [5, 5.41) is 7.69. The zero-order chi connectivity index (χ0) is 24.1. The molecule has 1 unspecified atom stereocenters. The van der Waals surface area contributed by atoms with Gasteiger partial charge in [0.1, 0.15) is 6.33 Å². The van der Waals surface area contributed by atoms with E-state index in [1.54, 1.807) is 12.4 Å². The molecule has 0 saturated heterocycles. The molecule has 0 saturated carbocycles. The number of hydrogen-bond acceptors (Lipinski definition) is 7. The number of ether oxygens (including phenoxy) is 1. The number of benzene rings is 2. The van der Waals surface area contributed by atoms with Gasteiger partial charge in [-0.15, -0.1) is 0 Å². The van der Waals surface area contributed by atoms with Gasteiger partial charge >= 0.3 is 5.97 Å². The first-order valence-corrected chi connectivity index (χ1v) is 11.4. The molecule has 0 fully saturated rings. The third kappa shape index (κ3) is 5.70. The minimum absolute atomic E-state index is 0.0332. The van der Waals surface area contributed by atoms with Crippen LogP contribution in [0.25, 0.3) is 10.9 Å². The number of amides is 1. The van der Waals surface area contributed by atoms with E-state index < -0.39 is 11.9 Å². The largest absolute Gasteiger partial charge is 0.462 e. The standard InChI is InChI=1S/C25H26ClN5O3/c1-31(2)10-3-11-34-24(33)9-8-23(32)30-17-5-7-21-19(13-17)25(29-15-28-21)20-14-27-22-12-16(26)4-6-18(20)22/h4-9,12-13,15,20,27H,3,10-11,14H2,1-2H3,(H,30,32). The minimum Gasteiger partial charge on any atom is -0.462 e. The van der Waals surface area contributed by atoms with E-state index in [1.807, 2.05) is 49.3 Å². The van der Waals surface area contributed by atoms with E-state index in [0.29, 0.717) is 23.9 Å². The first-order valence-electron chi connectivity index (χ1n) is 11.0. The first-order chi connectivity index (χ1) is 16.4. The summed E-state index contributed by atoms with van der Waals surface area (Å²) < 4.78 is 5.10. The summed E-state index contributed by atoms with van der Waals surface area (Å²) in [5.74, 6) is -0.938. The number of rotatable bonds is 8. The summed E-state index contributed by atoms with van der Waals surface area (Å²) in [5.41, 5.74) is 4.34. The van der Waals surface area contributed by atoms with Crippen molar-refractivity contribution in [3.63, 3.8) is 0 Å². The van der Waals surface area contributed by atoms with Gasteiger partial charge in [-0.3, -0.25) is 4.79 Å². The van der Waals surface area contributed by atoms with Crippen LogP contribution >= 0.6 is 11.6 Å². The molecule has 2 aromatic carbocycles. The number of nitrogens with zero attached hydrogens (tertiary/aromatic N) is 3. The van der Waals surface area contributed by atoms with Gasteiger partial charge in [0, 0.05) is 52.9 Å². The van der Waals surface area contributed by atoms with E-state index in [2.05, 4.69) is 20.6 Å². The lowest BCUT2D eigenvalue weighted by molar-refractivity contribution is -0.138. The number of nitrogens with one attached hydrogen (secondary N) is 2. The summed E-state index contributed by atoms with van der Waals surface area (Å²) in [6, 6.07) is 11.2. The van der Waals surface area contributed by atoms with Gasteiger partial charge in [-0.2, -0.15) is 0 Å². The SMILES string of the molecule is CN(C)CCCOC(=O)C=CC(=O)Nc1ccc2ncnc(C3CNc4cc(Cl)ccc43)c2c1. The number of carbonyl (C=O) groups is 2. The second kappa shape index (κ2) is 10.6. The van der Waals surface area contributed by atoms with Gasteiger partial charge in [0.15, 0.2) is 0 Å². The Kier molecular flexibility index (Phi) is 7.40. The predicted molar refractivity (Wildman–Crippen MR) is 133 cm³/mol. The maximum absolute atomic E-state index is 12.3. The Morgan fingerprint density at radius 1 is 1.21 bits per heavy atom. The van der Waals surface area contributed by atoms with Gasteiger partial charge < -0.3 is 20.3 Å². The Balaban J connectivity index is 1.46. The molecule has 2 heterocycles. The van der Waals surface area contributed by atoms with Gasteiger partial charge in [-0.1, -0.05) is 17.7 Å². The number of carbonyl (C=O) groups excluding carboxylic acids is 2. The fraction of sp³-hybridized carbons (Fsp3) is 0.280. The van der Waals surface area contributed by atoms with Crippen molar-refractivity contribution in [1.82, 2.24) is 14.9 Å². The van der Waals surface area contributed by atoms with Crippen molar-refractivity contribution in [2.45, 2.75) is 12.3 Å². The molecule has 9 heteroatoms.